The Hall–Kier alpha value is -1.14. The van der Waals surface area contributed by atoms with Crippen LogP contribution in [0.3, 0.4) is 0 Å². The predicted molar refractivity (Wildman–Crippen MR) is 123 cm³/mol. The van der Waals surface area contributed by atoms with E-state index in [0.29, 0.717) is 23.9 Å². The number of aliphatic hydroxyl groups is 1. The van der Waals surface area contributed by atoms with Crippen LogP contribution in [0.15, 0.2) is 0 Å². The smallest absolute Gasteiger partial charge is 0.306 e. The molecule has 0 aliphatic carbocycles. The van der Waals surface area contributed by atoms with Crippen molar-refractivity contribution in [3.05, 3.63) is 0 Å². The SMILES string of the molecule is CCCCCCCCCCCCCC(O)CCCC(=O)OC(CC(=O)[O-])C[N+](C)(C)C. The number of hydrogen-bond donors (Lipinski definition) is 1. The van der Waals surface area contributed by atoms with Gasteiger partial charge >= 0.3 is 5.97 Å². The second-order valence-corrected chi connectivity index (χ2v) is 10.0. The summed E-state index contributed by atoms with van der Waals surface area (Å²) in [5, 5.41) is 21.0. The lowest BCUT2D eigenvalue weighted by atomic mass is 10.0. The Morgan fingerprint density at radius 3 is 1.81 bits per heavy atom. The lowest BCUT2D eigenvalue weighted by Gasteiger charge is -2.29. The van der Waals surface area contributed by atoms with Gasteiger partial charge in [0.15, 0.2) is 6.10 Å². The van der Waals surface area contributed by atoms with Crippen LogP contribution >= 0.6 is 0 Å². The maximum atomic E-state index is 12.0. The van der Waals surface area contributed by atoms with Crippen LogP contribution in [0.1, 0.15) is 110 Å². The van der Waals surface area contributed by atoms with Crippen molar-refractivity contribution >= 4 is 11.9 Å². The summed E-state index contributed by atoms with van der Waals surface area (Å²) in [4.78, 5) is 22.9. The van der Waals surface area contributed by atoms with Gasteiger partial charge < -0.3 is 24.2 Å². The number of carbonyl (C=O) groups excluding carboxylic acids is 2. The zero-order valence-electron chi connectivity index (χ0n) is 20.7. The molecule has 6 heteroatoms. The summed E-state index contributed by atoms with van der Waals surface area (Å²) >= 11 is 0. The number of hydrogen-bond acceptors (Lipinski definition) is 5. The van der Waals surface area contributed by atoms with Gasteiger partial charge in [0.2, 0.25) is 0 Å². The Bertz CT molecular complexity index is 461. The highest BCUT2D eigenvalue weighted by Gasteiger charge is 2.22. The molecule has 0 rings (SSSR count). The average molecular weight is 444 g/mol. The number of esters is 1. The van der Waals surface area contributed by atoms with Crippen LogP contribution in [0.25, 0.3) is 0 Å². The van der Waals surface area contributed by atoms with E-state index in [1.54, 1.807) is 0 Å². The summed E-state index contributed by atoms with van der Waals surface area (Å²) in [5.41, 5.74) is 0. The van der Waals surface area contributed by atoms with E-state index in [9.17, 15) is 19.8 Å². The molecule has 2 unspecified atom stereocenters. The molecular formula is C25H49NO5. The standard InChI is InChI=1S/C25H49NO5/c1-5-6-7-8-9-10-11-12-13-14-15-17-22(27)18-16-19-25(30)31-23(20-24(28)29)21-26(2,3)4/h22-23,27H,5-21H2,1-4H3. The highest BCUT2D eigenvalue weighted by molar-refractivity contribution is 5.70. The van der Waals surface area contributed by atoms with Crippen molar-refractivity contribution in [3.8, 4) is 0 Å². The van der Waals surface area contributed by atoms with Crippen LogP contribution in [0.2, 0.25) is 0 Å². The van der Waals surface area contributed by atoms with Crippen LogP contribution in [0.4, 0.5) is 0 Å². The van der Waals surface area contributed by atoms with Crippen LogP contribution in [-0.2, 0) is 14.3 Å². The van der Waals surface area contributed by atoms with Gasteiger partial charge in [0, 0.05) is 18.8 Å². The van der Waals surface area contributed by atoms with Gasteiger partial charge in [0.25, 0.3) is 0 Å². The molecule has 0 aromatic rings. The molecule has 0 fully saturated rings. The first kappa shape index (κ1) is 29.9. The number of carbonyl (C=O) groups is 2. The van der Waals surface area contributed by atoms with Gasteiger partial charge in [-0.2, -0.15) is 0 Å². The first-order valence-corrected chi connectivity index (χ1v) is 12.5. The second-order valence-electron chi connectivity index (χ2n) is 10.0. The molecule has 184 valence electrons. The third-order valence-corrected chi connectivity index (χ3v) is 5.50. The number of unbranched alkanes of at least 4 members (excludes halogenated alkanes) is 10. The number of likely N-dealkylation sites (N-methyl/N-ethyl adjacent to an activating group) is 1. The summed E-state index contributed by atoms with van der Waals surface area (Å²) in [6.45, 7) is 2.66. The number of carboxylic acid groups (broad SMARTS) is 1. The highest BCUT2D eigenvalue weighted by Crippen LogP contribution is 2.15. The van der Waals surface area contributed by atoms with E-state index >= 15 is 0 Å². The molecule has 0 spiro atoms. The van der Waals surface area contributed by atoms with Crippen LogP contribution in [0.5, 0.6) is 0 Å². The molecule has 0 saturated heterocycles. The summed E-state index contributed by atoms with van der Waals surface area (Å²) in [5.74, 6) is -1.62. The first-order valence-electron chi connectivity index (χ1n) is 12.5. The molecule has 0 saturated carbocycles. The minimum Gasteiger partial charge on any atom is -0.550 e. The van der Waals surface area contributed by atoms with Gasteiger partial charge in [-0.25, -0.2) is 0 Å². The molecule has 1 N–H and O–H groups in total. The van der Waals surface area contributed by atoms with Crippen LogP contribution in [-0.4, -0.2) is 61.4 Å². The zero-order chi connectivity index (χ0) is 23.5. The van der Waals surface area contributed by atoms with E-state index in [2.05, 4.69) is 6.92 Å². The molecule has 0 heterocycles. The monoisotopic (exact) mass is 443 g/mol. The van der Waals surface area contributed by atoms with Gasteiger partial charge in [-0.15, -0.1) is 0 Å². The van der Waals surface area contributed by atoms with E-state index < -0.39 is 18.0 Å². The van der Waals surface area contributed by atoms with E-state index in [4.69, 9.17) is 4.74 Å². The lowest BCUT2D eigenvalue weighted by Crippen LogP contribution is -2.45. The van der Waals surface area contributed by atoms with Crippen LogP contribution < -0.4 is 5.11 Å². The van der Waals surface area contributed by atoms with Crippen molar-refractivity contribution in [2.75, 3.05) is 27.7 Å². The normalized spacial score (nSPS) is 13.7. The minimum absolute atomic E-state index is 0.204. The van der Waals surface area contributed by atoms with Gasteiger partial charge in [-0.3, -0.25) is 4.79 Å². The van der Waals surface area contributed by atoms with Crippen molar-refractivity contribution in [3.63, 3.8) is 0 Å². The molecule has 0 bridgehead atoms. The fraction of sp³-hybridized carbons (Fsp3) is 0.920. The number of ether oxygens (including phenoxy) is 1. The molecule has 0 amide bonds. The van der Waals surface area contributed by atoms with Crippen molar-refractivity contribution in [1.29, 1.82) is 0 Å². The third kappa shape index (κ3) is 21.9. The minimum atomic E-state index is -1.21. The fourth-order valence-corrected chi connectivity index (χ4v) is 3.86. The number of aliphatic hydroxyl groups excluding tert-OH is 1. The van der Waals surface area contributed by atoms with Crippen LogP contribution in [0, 0.1) is 0 Å². The largest absolute Gasteiger partial charge is 0.550 e. The van der Waals surface area contributed by atoms with Gasteiger partial charge in [-0.05, 0) is 19.3 Å². The molecule has 0 aliphatic heterocycles. The first-order chi connectivity index (χ1) is 14.6. The van der Waals surface area contributed by atoms with E-state index in [-0.39, 0.29) is 18.9 Å². The topological polar surface area (TPSA) is 86.7 Å². The van der Waals surface area contributed by atoms with E-state index in [1.165, 1.54) is 57.8 Å². The molecule has 0 radical (unpaired) electrons. The Kier molecular flexibility index (Phi) is 17.8. The number of aliphatic carboxylic acids is 1. The maximum absolute atomic E-state index is 12.0. The van der Waals surface area contributed by atoms with E-state index in [1.807, 2.05) is 21.1 Å². The summed E-state index contributed by atoms with van der Waals surface area (Å²) < 4.78 is 5.84. The molecule has 2 atom stereocenters. The Labute approximate surface area is 190 Å². The summed E-state index contributed by atoms with van der Waals surface area (Å²) in [7, 11) is 5.75. The molecule has 0 aromatic carbocycles. The molecule has 31 heavy (non-hydrogen) atoms. The van der Waals surface area contributed by atoms with Crippen molar-refractivity contribution in [2.45, 2.75) is 122 Å². The number of quaternary nitrogens is 1. The summed E-state index contributed by atoms with van der Waals surface area (Å²) in [6.07, 6.45) is 14.9. The Morgan fingerprint density at radius 1 is 0.839 bits per heavy atom. The maximum Gasteiger partial charge on any atom is 0.306 e. The number of nitrogens with zero attached hydrogens (tertiary/aromatic N) is 1. The second kappa shape index (κ2) is 18.4. The molecule has 0 aromatic heterocycles. The van der Waals surface area contributed by atoms with Gasteiger partial charge in [0.1, 0.15) is 6.54 Å². The Morgan fingerprint density at radius 2 is 1.32 bits per heavy atom. The number of carboxylic acids is 1. The van der Waals surface area contributed by atoms with E-state index in [0.717, 1.165) is 19.3 Å². The molecule has 6 nitrogen and oxygen atoms in total. The molecule has 0 aliphatic rings. The quantitative estimate of drug-likeness (QED) is 0.165. The summed E-state index contributed by atoms with van der Waals surface area (Å²) in [6, 6.07) is 0. The van der Waals surface area contributed by atoms with Crippen molar-refractivity contribution < 1.29 is 29.0 Å². The van der Waals surface area contributed by atoms with Gasteiger partial charge in [0.05, 0.1) is 27.2 Å². The third-order valence-electron chi connectivity index (χ3n) is 5.50. The van der Waals surface area contributed by atoms with Gasteiger partial charge in [-0.1, -0.05) is 77.6 Å². The Balaban J connectivity index is 3.73. The fourth-order valence-electron chi connectivity index (χ4n) is 3.86. The highest BCUT2D eigenvalue weighted by atomic mass is 16.5. The zero-order valence-corrected chi connectivity index (χ0v) is 20.7. The lowest BCUT2D eigenvalue weighted by molar-refractivity contribution is -0.873. The molecular weight excluding hydrogens is 394 g/mol. The predicted octanol–water partition coefficient (Wildman–Crippen LogP) is 3.98. The van der Waals surface area contributed by atoms with Crippen molar-refractivity contribution in [1.82, 2.24) is 0 Å². The average Bonchev–Trinajstić information content (AvgIpc) is 2.64. The number of rotatable bonds is 21. The van der Waals surface area contributed by atoms with Crippen molar-refractivity contribution in [2.24, 2.45) is 0 Å².